The van der Waals surface area contributed by atoms with E-state index >= 15 is 0 Å². The third kappa shape index (κ3) is 3.75. The van der Waals surface area contributed by atoms with Crippen molar-refractivity contribution >= 4 is 11.9 Å². The average molecular weight is 436 g/mol. The van der Waals surface area contributed by atoms with Crippen LogP contribution in [-0.2, 0) is 14.3 Å². The number of nitrogens with one attached hydrogen (secondary N) is 1. The topological polar surface area (TPSA) is 136 Å². The summed E-state index contributed by atoms with van der Waals surface area (Å²) >= 11 is 0. The summed E-state index contributed by atoms with van der Waals surface area (Å²) in [6, 6.07) is -0.343. The molecule has 31 heavy (non-hydrogen) atoms. The number of aliphatic hydroxyl groups is 4. The summed E-state index contributed by atoms with van der Waals surface area (Å²) in [5, 5.41) is 45.9. The maximum absolute atomic E-state index is 13.4. The normalized spacial score (nSPS) is 47.4. The van der Waals surface area contributed by atoms with Crippen LogP contribution >= 0.6 is 0 Å². The smallest absolute Gasteiger partial charge is 0.331 e. The monoisotopic (exact) mass is 435 g/mol. The number of amides is 1. The minimum Gasteiger partial charge on any atom is -0.441 e. The Bertz CT molecular complexity index is 845. The molecule has 1 fully saturated rings. The highest BCUT2D eigenvalue weighted by molar-refractivity contribution is 5.95. The van der Waals surface area contributed by atoms with Crippen molar-refractivity contribution in [3.8, 4) is 0 Å². The van der Waals surface area contributed by atoms with Crippen LogP contribution in [0.5, 0.6) is 0 Å². The number of hydrogen-bond acceptors (Lipinski definition) is 7. The van der Waals surface area contributed by atoms with Crippen molar-refractivity contribution in [2.45, 2.75) is 76.1 Å². The molecule has 8 nitrogen and oxygen atoms in total. The first-order valence-electron chi connectivity index (χ1n) is 10.7. The summed E-state index contributed by atoms with van der Waals surface area (Å²) in [6.45, 7) is 9.06. The lowest BCUT2D eigenvalue weighted by Gasteiger charge is -2.49. The molecule has 0 aromatic rings. The molecule has 0 aromatic heterocycles. The lowest BCUT2D eigenvalue weighted by Crippen LogP contribution is -2.66. The van der Waals surface area contributed by atoms with Gasteiger partial charge in [-0.15, -0.1) is 0 Å². The molecule has 1 amide bonds. The van der Waals surface area contributed by atoms with Crippen molar-refractivity contribution in [3.63, 3.8) is 0 Å². The fourth-order valence-corrected chi connectivity index (χ4v) is 5.12. The lowest BCUT2D eigenvalue weighted by atomic mass is 9.61. The van der Waals surface area contributed by atoms with E-state index in [1.807, 2.05) is 27.7 Å². The predicted molar refractivity (Wildman–Crippen MR) is 112 cm³/mol. The van der Waals surface area contributed by atoms with E-state index in [-0.39, 0.29) is 17.9 Å². The van der Waals surface area contributed by atoms with Gasteiger partial charge in [-0.25, -0.2) is 4.79 Å². The van der Waals surface area contributed by atoms with E-state index in [4.69, 9.17) is 4.74 Å². The zero-order valence-corrected chi connectivity index (χ0v) is 18.6. The van der Waals surface area contributed by atoms with E-state index in [1.54, 1.807) is 0 Å². The molecule has 8 atom stereocenters. The van der Waals surface area contributed by atoms with E-state index in [0.717, 1.165) is 23.8 Å². The molecule has 0 saturated carbocycles. The highest BCUT2D eigenvalue weighted by Gasteiger charge is 2.70. The van der Waals surface area contributed by atoms with Crippen molar-refractivity contribution < 1.29 is 34.8 Å². The van der Waals surface area contributed by atoms with Crippen LogP contribution in [0.1, 0.15) is 41.0 Å². The highest BCUT2D eigenvalue weighted by atomic mass is 16.6. The number of esters is 1. The van der Waals surface area contributed by atoms with Crippen LogP contribution in [0.4, 0.5) is 0 Å². The van der Waals surface area contributed by atoms with Gasteiger partial charge in [-0.1, -0.05) is 32.4 Å². The van der Waals surface area contributed by atoms with Crippen molar-refractivity contribution in [3.05, 3.63) is 36.0 Å². The standard InChI is InChI=1S/C23H33NO7/c1-12(2)10-15-18-14(4)13(3)11-22(30)9-8-21(5,29)19(27)16(25)6-7-17(26)31-23(18,22)20(28)24-15/h6-9,11-12,14-16,18-19,25,27,29-30H,10H2,1-5H3,(H,24,28)/b7-6-,9-8-/t14-,15-,16-,18-,19-,21+,22-,23-/m1/s1. The zero-order chi connectivity index (χ0) is 23.4. The molecule has 172 valence electrons. The molecule has 3 rings (SSSR count). The minimum atomic E-state index is -2.08. The van der Waals surface area contributed by atoms with Crippen molar-refractivity contribution in [1.82, 2.24) is 5.32 Å². The number of allylic oxidation sites excluding steroid dienone is 1. The van der Waals surface area contributed by atoms with E-state index in [1.165, 1.54) is 19.1 Å². The van der Waals surface area contributed by atoms with Crippen LogP contribution < -0.4 is 5.32 Å². The van der Waals surface area contributed by atoms with Gasteiger partial charge in [-0.05, 0) is 50.3 Å². The van der Waals surface area contributed by atoms with Crippen LogP contribution in [0.25, 0.3) is 0 Å². The van der Waals surface area contributed by atoms with E-state index in [2.05, 4.69) is 5.32 Å². The average Bonchev–Trinajstić information content (AvgIpc) is 2.93. The molecule has 0 unspecified atom stereocenters. The first-order valence-corrected chi connectivity index (χ1v) is 10.7. The maximum Gasteiger partial charge on any atom is 0.331 e. The summed E-state index contributed by atoms with van der Waals surface area (Å²) in [6.07, 6.45) is 3.06. The van der Waals surface area contributed by atoms with Gasteiger partial charge in [0.15, 0.2) is 5.60 Å². The Labute approximate surface area is 182 Å². The number of carbonyl (C=O) groups is 2. The predicted octanol–water partition coefficient (Wildman–Crippen LogP) is 0.355. The Morgan fingerprint density at radius 3 is 2.45 bits per heavy atom. The van der Waals surface area contributed by atoms with Gasteiger partial charge >= 0.3 is 5.97 Å². The molecular weight excluding hydrogens is 402 g/mol. The molecule has 2 heterocycles. The summed E-state index contributed by atoms with van der Waals surface area (Å²) in [4.78, 5) is 26.1. The second-order valence-electron chi connectivity index (χ2n) is 9.75. The molecule has 0 radical (unpaired) electrons. The van der Waals surface area contributed by atoms with Gasteiger partial charge in [-0.2, -0.15) is 0 Å². The molecule has 1 spiro atoms. The van der Waals surface area contributed by atoms with Gasteiger partial charge in [-0.3, -0.25) is 4.79 Å². The first-order chi connectivity index (χ1) is 14.2. The fourth-order valence-electron chi connectivity index (χ4n) is 5.12. The highest BCUT2D eigenvalue weighted by Crippen LogP contribution is 2.52. The van der Waals surface area contributed by atoms with Gasteiger partial charge in [0.25, 0.3) is 5.91 Å². The molecule has 1 saturated heterocycles. The molecular formula is C23H33NO7. The second-order valence-corrected chi connectivity index (χ2v) is 9.75. The molecule has 5 N–H and O–H groups in total. The summed E-state index contributed by atoms with van der Waals surface area (Å²) in [7, 11) is 0. The first kappa shape index (κ1) is 23.7. The second kappa shape index (κ2) is 7.85. The number of ether oxygens (including phenoxy) is 1. The third-order valence-corrected chi connectivity index (χ3v) is 6.87. The van der Waals surface area contributed by atoms with Gasteiger partial charge in [0.05, 0.1) is 0 Å². The lowest BCUT2D eigenvalue weighted by molar-refractivity contribution is -0.192. The van der Waals surface area contributed by atoms with Gasteiger partial charge < -0.3 is 30.5 Å². The molecule has 0 aromatic carbocycles. The fraction of sp³-hybridized carbons (Fsp3) is 0.652. The van der Waals surface area contributed by atoms with Crippen LogP contribution in [-0.4, -0.2) is 67.4 Å². The Balaban J connectivity index is 2.26. The Kier molecular flexibility index (Phi) is 5.99. The molecule has 3 aliphatic rings. The van der Waals surface area contributed by atoms with Crippen LogP contribution in [0, 0.1) is 17.8 Å². The van der Waals surface area contributed by atoms with E-state index in [9.17, 15) is 30.0 Å². The number of carbonyl (C=O) groups excluding carboxylic acids is 2. The quantitative estimate of drug-likeness (QED) is 0.312. The molecule has 1 aliphatic carbocycles. The van der Waals surface area contributed by atoms with Crippen LogP contribution in [0.15, 0.2) is 36.0 Å². The minimum absolute atomic E-state index is 0.185. The Morgan fingerprint density at radius 1 is 1.19 bits per heavy atom. The summed E-state index contributed by atoms with van der Waals surface area (Å²) < 4.78 is 5.74. The zero-order valence-electron chi connectivity index (χ0n) is 18.6. The molecule has 0 bridgehead atoms. The summed E-state index contributed by atoms with van der Waals surface area (Å²) in [5.41, 5.74) is -5.20. The van der Waals surface area contributed by atoms with E-state index < -0.39 is 46.8 Å². The van der Waals surface area contributed by atoms with Crippen molar-refractivity contribution in [2.24, 2.45) is 17.8 Å². The number of aliphatic hydroxyl groups excluding tert-OH is 2. The maximum atomic E-state index is 13.4. The number of hydrogen-bond donors (Lipinski definition) is 5. The van der Waals surface area contributed by atoms with Crippen LogP contribution in [0.2, 0.25) is 0 Å². The van der Waals surface area contributed by atoms with Crippen LogP contribution in [0.3, 0.4) is 0 Å². The molecule has 8 heteroatoms. The van der Waals surface area contributed by atoms with Crippen molar-refractivity contribution in [1.29, 1.82) is 0 Å². The Morgan fingerprint density at radius 2 is 1.84 bits per heavy atom. The van der Waals surface area contributed by atoms with Gasteiger partial charge in [0.2, 0.25) is 5.60 Å². The SMILES string of the molecule is CC1=C[C@]2(O)/C=C\[C@](C)(O)[C@H](O)[C@H](O)/C=C\C(=O)O[C@]23C(=O)N[C@H](CC(C)C)[C@H]3[C@@H]1C. The van der Waals surface area contributed by atoms with Gasteiger partial charge in [0.1, 0.15) is 17.8 Å². The van der Waals surface area contributed by atoms with Crippen molar-refractivity contribution in [2.75, 3.05) is 0 Å². The summed E-state index contributed by atoms with van der Waals surface area (Å²) in [5.74, 6) is -2.07. The number of rotatable bonds is 2. The molecule has 2 aliphatic heterocycles. The van der Waals surface area contributed by atoms with Gasteiger partial charge in [0, 0.05) is 18.0 Å². The largest absolute Gasteiger partial charge is 0.441 e. The van der Waals surface area contributed by atoms with E-state index in [0.29, 0.717) is 6.42 Å². The third-order valence-electron chi connectivity index (χ3n) is 6.87. The Hall–Kier alpha value is -2.00.